The number of primary amides is 1. The minimum absolute atomic E-state index is 0.184. The van der Waals surface area contributed by atoms with Gasteiger partial charge in [0.25, 0.3) is 0 Å². The van der Waals surface area contributed by atoms with Gasteiger partial charge in [0.15, 0.2) is 0 Å². The third-order valence-corrected chi connectivity index (χ3v) is 2.89. The normalized spacial score (nSPS) is 9.74. The van der Waals surface area contributed by atoms with Gasteiger partial charge in [0.05, 0.1) is 6.54 Å². The van der Waals surface area contributed by atoms with Gasteiger partial charge in [-0.05, 0) is 36.4 Å². The van der Waals surface area contributed by atoms with E-state index < -0.39 is 11.9 Å². The molecule has 0 bridgehead atoms. The van der Waals surface area contributed by atoms with Crippen molar-refractivity contribution in [3.8, 4) is 0 Å². The number of hydrogen-bond acceptors (Lipinski definition) is 3. The number of anilines is 2. The first-order valence-electron chi connectivity index (χ1n) is 6.84. The monoisotopic (exact) mass is 312 g/mol. The highest BCUT2D eigenvalue weighted by Gasteiger charge is 2.06. The van der Waals surface area contributed by atoms with Crippen LogP contribution < -0.4 is 21.7 Å². The molecule has 0 spiro atoms. The van der Waals surface area contributed by atoms with Crippen molar-refractivity contribution in [1.82, 2.24) is 5.32 Å². The van der Waals surface area contributed by atoms with E-state index in [1.807, 2.05) is 6.07 Å². The third kappa shape index (κ3) is 5.16. The lowest BCUT2D eigenvalue weighted by molar-refractivity contribution is -0.115. The minimum atomic E-state index is -0.540. The van der Waals surface area contributed by atoms with E-state index in [-0.39, 0.29) is 12.5 Å². The Hall–Kier alpha value is -3.35. The van der Waals surface area contributed by atoms with Gasteiger partial charge in [0.1, 0.15) is 0 Å². The summed E-state index contributed by atoms with van der Waals surface area (Å²) in [6.45, 7) is -0.184. The van der Waals surface area contributed by atoms with Crippen LogP contribution in [0.4, 0.5) is 16.2 Å². The lowest BCUT2D eigenvalue weighted by Gasteiger charge is -2.08. The lowest BCUT2D eigenvalue weighted by atomic mass is 10.2. The molecule has 0 saturated heterocycles. The van der Waals surface area contributed by atoms with E-state index in [2.05, 4.69) is 16.0 Å². The first-order chi connectivity index (χ1) is 11.0. The Bertz CT molecular complexity index is 699. The number of amides is 4. The van der Waals surface area contributed by atoms with Crippen LogP contribution in [0.2, 0.25) is 0 Å². The summed E-state index contributed by atoms with van der Waals surface area (Å²) in [5.41, 5.74) is 6.62. The molecule has 23 heavy (non-hydrogen) atoms. The summed E-state index contributed by atoms with van der Waals surface area (Å²) in [6, 6.07) is 14.5. The number of carbonyl (C=O) groups is 3. The van der Waals surface area contributed by atoms with E-state index in [0.29, 0.717) is 16.9 Å². The SMILES string of the molecule is NC(=O)c1ccc(NC(=O)CNC(=O)Nc2ccccc2)cc1. The first-order valence-corrected chi connectivity index (χ1v) is 6.84. The van der Waals surface area contributed by atoms with Crippen molar-refractivity contribution >= 4 is 29.2 Å². The standard InChI is InChI=1S/C16H16N4O3/c17-15(22)11-6-8-13(9-7-11)19-14(21)10-18-16(23)20-12-4-2-1-3-5-12/h1-9H,10H2,(H2,17,22)(H,19,21)(H2,18,20,23). The fourth-order valence-corrected chi connectivity index (χ4v) is 1.78. The molecule has 0 aliphatic carbocycles. The number of para-hydroxylation sites is 1. The van der Waals surface area contributed by atoms with Gasteiger partial charge in [-0.25, -0.2) is 4.79 Å². The zero-order valence-electron chi connectivity index (χ0n) is 12.2. The highest BCUT2D eigenvalue weighted by Crippen LogP contribution is 2.09. The molecule has 0 heterocycles. The number of urea groups is 1. The van der Waals surface area contributed by atoms with Crippen LogP contribution in [-0.2, 0) is 4.79 Å². The van der Waals surface area contributed by atoms with Crippen LogP contribution >= 0.6 is 0 Å². The summed E-state index contributed by atoms with van der Waals surface area (Å²) in [4.78, 5) is 34.3. The Morgan fingerprint density at radius 1 is 0.826 bits per heavy atom. The first kappa shape index (κ1) is 16.0. The molecular formula is C16H16N4O3. The molecule has 0 aromatic heterocycles. The molecule has 0 atom stereocenters. The molecule has 0 saturated carbocycles. The van der Waals surface area contributed by atoms with Gasteiger partial charge in [-0.2, -0.15) is 0 Å². The zero-order chi connectivity index (χ0) is 16.7. The number of hydrogen-bond donors (Lipinski definition) is 4. The average molecular weight is 312 g/mol. The highest BCUT2D eigenvalue weighted by molar-refractivity contribution is 5.97. The summed E-state index contributed by atoms with van der Waals surface area (Å²) in [5, 5.41) is 7.64. The maximum Gasteiger partial charge on any atom is 0.319 e. The Kier molecular flexibility index (Phi) is 5.30. The molecule has 0 radical (unpaired) electrons. The predicted octanol–water partition coefficient (Wildman–Crippen LogP) is 1.55. The summed E-state index contributed by atoms with van der Waals surface area (Å²) in [7, 11) is 0. The topological polar surface area (TPSA) is 113 Å². The van der Waals surface area contributed by atoms with Gasteiger partial charge < -0.3 is 21.7 Å². The van der Waals surface area contributed by atoms with Crippen LogP contribution in [0.3, 0.4) is 0 Å². The molecule has 0 unspecified atom stereocenters. The van der Waals surface area contributed by atoms with Gasteiger partial charge in [0.2, 0.25) is 11.8 Å². The molecule has 7 heteroatoms. The fraction of sp³-hybridized carbons (Fsp3) is 0.0625. The van der Waals surface area contributed by atoms with Crippen molar-refractivity contribution in [2.24, 2.45) is 5.73 Å². The Morgan fingerprint density at radius 3 is 2.04 bits per heavy atom. The van der Waals surface area contributed by atoms with Crippen LogP contribution in [0.5, 0.6) is 0 Å². The van der Waals surface area contributed by atoms with Gasteiger partial charge in [-0.1, -0.05) is 18.2 Å². The molecule has 0 aliphatic heterocycles. The molecule has 0 fully saturated rings. The number of nitrogens with two attached hydrogens (primary N) is 1. The molecule has 4 amide bonds. The second kappa shape index (κ2) is 7.60. The Balaban J connectivity index is 1.78. The van der Waals surface area contributed by atoms with Crippen LogP contribution in [0.25, 0.3) is 0 Å². The maximum atomic E-state index is 11.7. The smallest absolute Gasteiger partial charge is 0.319 e. The highest BCUT2D eigenvalue weighted by atomic mass is 16.2. The van der Waals surface area contributed by atoms with Crippen molar-refractivity contribution in [2.45, 2.75) is 0 Å². The molecular weight excluding hydrogens is 296 g/mol. The van der Waals surface area contributed by atoms with E-state index in [1.165, 1.54) is 12.1 Å². The van der Waals surface area contributed by atoms with Gasteiger partial charge >= 0.3 is 6.03 Å². The quantitative estimate of drug-likeness (QED) is 0.671. The number of carbonyl (C=O) groups excluding carboxylic acids is 3. The fourth-order valence-electron chi connectivity index (χ4n) is 1.78. The van der Waals surface area contributed by atoms with Crippen LogP contribution in [0.15, 0.2) is 54.6 Å². The summed E-state index contributed by atoms with van der Waals surface area (Å²) in [6.07, 6.45) is 0. The molecule has 2 aromatic rings. The largest absolute Gasteiger partial charge is 0.366 e. The number of benzene rings is 2. The minimum Gasteiger partial charge on any atom is -0.366 e. The van der Waals surface area contributed by atoms with Crippen LogP contribution in [0, 0.1) is 0 Å². The average Bonchev–Trinajstić information content (AvgIpc) is 2.54. The van der Waals surface area contributed by atoms with Crippen LogP contribution in [0.1, 0.15) is 10.4 Å². The number of rotatable bonds is 5. The predicted molar refractivity (Wildman–Crippen MR) is 87.1 cm³/mol. The van der Waals surface area contributed by atoms with Gasteiger partial charge in [0, 0.05) is 16.9 Å². The Labute approximate surface area is 132 Å². The van der Waals surface area contributed by atoms with E-state index in [0.717, 1.165) is 0 Å². The molecule has 7 nitrogen and oxygen atoms in total. The third-order valence-electron chi connectivity index (χ3n) is 2.89. The van der Waals surface area contributed by atoms with Crippen molar-refractivity contribution in [2.75, 3.05) is 17.2 Å². The Morgan fingerprint density at radius 2 is 1.43 bits per heavy atom. The van der Waals surface area contributed by atoms with E-state index >= 15 is 0 Å². The molecule has 118 valence electrons. The lowest BCUT2D eigenvalue weighted by Crippen LogP contribution is -2.35. The van der Waals surface area contributed by atoms with Crippen molar-refractivity contribution < 1.29 is 14.4 Å². The summed E-state index contributed by atoms with van der Waals surface area (Å²) >= 11 is 0. The second-order valence-electron chi connectivity index (χ2n) is 4.66. The zero-order valence-corrected chi connectivity index (χ0v) is 12.2. The molecule has 2 rings (SSSR count). The van der Waals surface area contributed by atoms with Gasteiger partial charge in [-0.3, -0.25) is 9.59 Å². The van der Waals surface area contributed by atoms with Gasteiger partial charge in [-0.15, -0.1) is 0 Å². The summed E-state index contributed by atoms with van der Waals surface area (Å²) < 4.78 is 0. The van der Waals surface area contributed by atoms with Crippen molar-refractivity contribution in [3.63, 3.8) is 0 Å². The molecule has 0 aliphatic rings. The molecule has 5 N–H and O–H groups in total. The van der Waals surface area contributed by atoms with E-state index in [9.17, 15) is 14.4 Å². The summed E-state index contributed by atoms with van der Waals surface area (Å²) in [5.74, 6) is -0.929. The van der Waals surface area contributed by atoms with E-state index in [4.69, 9.17) is 5.73 Å². The van der Waals surface area contributed by atoms with Crippen LogP contribution in [-0.4, -0.2) is 24.4 Å². The van der Waals surface area contributed by atoms with E-state index in [1.54, 1.807) is 36.4 Å². The van der Waals surface area contributed by atoms with Crippen molar-refractivity contribution in [1.29, 1.82) is 0 Å². The second-order valence-corrected chi connectivity index (χ2v) is 4.66. The van der Waals surface area contributed by atoms with Crippen molar-refractivity contribution in [3.05, 3.63) is 60.2 Å². The maximum absolute atomic E-state index is 11.7. The number of nitrogens with one attached hydrogen (secondary N) is 3. The molecule has 2 aromatic carbocycles.